The molecule has 4 rings (SSSR count). The van der Waals surface area contributed by atoms with Crippen LogP contribution in [0.1, 0.15) is 60.8 Å². The number of carbonyl (C=O) groups excluding carboxylic acids is 2. The Kier molecular flexibility index (Phi) is 19.8. The molecule has 4 aliphatic heterocycles. The van der Waals surface area contributed by atoms with E-state index in [9.17, 15) is 30.0 Å². The molecule has 17 nitrogen and oxygen atoms in total. The average molecular weight is 844 g/mol. The highest BCUT2D eigenvalue weighted by Gasteiger charge is 2.48. The number of rotatable bonds is 12. The van der Waals surface area contributed by atoms with Crippen LogP contribution >= 0.6 is 0 Å². The monoisotopic (exact) mass is 844 g/mol. The summed E-state index contributed by atoms with van der Waals surface area (Å²) < 4.78 is 47.9. The zero-order chi connectivity index (χ0) is 43.6. The molecule has 0 aromatic rings. The number of hydrazine groups is 1. The summed E-state index contributed by atoms with van der Waals surface area (Å²) in [6.07, 6.45) is -5.27. The zero-order valence-corrected chi connectivity index (χ0v) is 36.7. The fourth-order valence-corrected chi connectivity index (χ4v) is 8.57. The van der Waals surface area contributed by atoms with E-state index in [4.69, 9.17) is 37.9 Å². The first-order chi connectivity index (χ1) is 28.0. The maximum atomic E-state index is 13.9. The molecule has 3 saturated heterocycles. The van der Waals surface area contributed by atoms with E-state index >= 15 is 0 Å². The Labute approximate surface area is 350 Å². The number of ether oxygens (including phenoxy) is 8. The van der Waals surface area contributed by atoms with Gasteiger partial charge in [0.05, 0.1) is 62.8 Å². The number of ketones is 1. The summed E-state index contributed by atoms with van der Waals surface area (Å²) in [6.45, 7) is 13.6. The SMILES string of the molecule is CCC1OC(=O)C[C@@H](O)[C@H](C)C(O[C@@H]2O[C@H](C)[C@@H](O)[C@H](N(C)C)[C@H]2O)[C@@H](CNN2CCOCC2)C[C@@H](C)C(=O)/C=C\C(C)=C\[C@@H]1CO[C@@H]1O[C@H](C)[C@@H](O)[C@@H](OC)[C@H]1OC. The molecule has 0 saturated carbocycles. The van der Waals surface area contributed by atoms with Gasteiger partial charge in [-0.15, -0.1) is 0 Å². The minimum Gasteiger partial charge on any atom is -0.462 e. The highest BCUT2D eigenvalue weighted by atomic mass is 16.7. The van der Waals surface area contributed by atoms with Crippen molar-refractivity contribution >= 4 is 11.8 Å². The van der Waals surface area contributed by atoms with E-state index in [1.807, 2.05) is 31.9 Å². The predicted molar refractivity (Wildman–Crippen MR) is 216 cm³/mol. The summed E-state index contributed by atoms with van der Waals surface area (Å²) in [4.78, 5) is 29.4. The topological polar surface area (TPSA) is 207 Å². The number of nitrogens with one attached hydrogen (secondary N) is 1. The number of hydrogen-bond donors (Lipinski definition) is 5. The van der Waals surface area contributed by atoms with E-state index < -0.39 is 109 Å². The Morgan fingerprint density at radius 3 is 2.15 bits per heavy atom. The second-order valence-corrected chi connectivity index (χ2v) is 16.9. The molecule has 0 amide bonds. The number of hydrogen-bond acceptors (Lipinski definition) is 17. The molecule has 3 fully saturated rings. The summed E-state index contributed by atoms with van der Waals surface area (Å²) in [5.74, 6) is -2.88. The van der Waals surface area contributed by atoms with Crippen LogP contribution in [0.2, 0.25) is 0 Å². The Balaban J connectivity index is 1.67. The lowest BCUT2D eigenvalue weighted by Gasteiger charge is -2.47. The van der Waals surface area contributed by atoms with Gasteiger partial charge in [-0.3, -0.25) is 15.0 Å². The van der Waals surface area contributed by atoms with Gasteiger partial charge >= 0.3 is 5.97 Å². The number of morpholine rings is 1. The van der Waals surface area contributed by atoms with Crippen molar-refractivity contribution in [3.8, 4) is 0 Å². The lowest BCUT2D eigenvalue weighted by Crippen LogP contribution is -2.63. The molecule has 340 valence electrons. The standard InChI is InChI=1S/C42H73N3O14/c1-11-32-29(22-55-42-40(53-10)39(52-9)36(50)27(6)57-42)18-23(2)12-13-30(46)24(3)19-28(21-43-45-14-16-54-17-15-45)38(25(4)31(47)20-33(48)58-32)59-41-37(51)34(44(7)8)35(49)26(5)56-41/h12-13,18,24-29,31-32,34-43,47,49-51H,11,14-17,19-22H2,1-10H3/b13-12-,23-18+/t24-,25+,26-,27-,28-,29-,31-,32?,34+,35-,36-,37-,38?,39-,40-,41+,42-/m1/s1. The Hall–Kier alpha value is -1.94. The van der Waals surface area contributed by atoms with Crippen LogP contribution in [0.5, 0.6) is 0 Å². The average Bonchev–Trinajstić information content (AvgIpc) is 3.20. The van der Waals surface area contributed by atoms with Crippen molar-refractivity contribution in [1.82, 2.24) is 15.3 Å². The van der Waals surface area contributed by atoms with Crippen LogP contribution in [-0.4, -0.2) is 190 Å². The van der Waals surface area contributed by atoms with E-state index in [2.05, 4.69) is 5.43 Å². The fourth-order valence-electron chi connectivity index (χ4n) is 8.57. The molecule has 0 bridgehead atoms. The molecule has 4 aliphatic rings. The number of cyclic esters (lactones) is 1. The normalized spacial score (nSPS) is 42.9. The molecule has 0 aromatic carbocycles. The summed E-state index contributed by atoms with van der Waals surface area (Å²) in [6, 6.07) is -0.707. The highest BCUT2D eigenvalue weighted by Crippen LogP contribution is 2.34. The van der Waals surface area contributed by atoms with Gasteiger partial charge < -0.3 is 63.2 Å². The Bertz CT molecular complexity index is 1370. The van der Waals surface area contributed by atoms with Crippen molar-refractivity contribution in [1.29, 1.82) is 0 Å². The Morgan fingerprint density at radius 1 is 0.881 bits per heavy atom. The fraction of sp³-hybridized carbons (Fsp3) is 0.857. The van der Waals surface area contributed by atoms with Gasteiger partial charge in [0, 0.05) is 57.5 Å². The van der Waals surface area contributed by atoms with Crippen LogP contribution in [0, 0.1) is 23.7 Å². The molecule has 5 N–H and O–H groups in total. The number of aliphatic hydroxyl groups is 4. The van der Waals surface area contributed by atoms with Crippen LogP contribution in [0.25, 0.3) is 0 Å². The molecule has 4 heterocycles. The molecule has 0 spiro atoms. The van der Waals surface area contributed by atoms with Gasteiger partial charge in [0.25, 0.3) is 0 Å². The molecule has 0 radical (unpaired) electrons. The maximum Gasteiger partial charge on any atom is 0.308 e. The van der Waals surface area contributed by atoms with E-state index in [-0.39, 0.29) is 18.8 Å². The molecular weight excluding hydrogens is 770 g/mol. The first-order valence-electron chi connectivity index (χ1n) is 21.2. The van der Waals surface area contributed by atoms with Gasteiger partial charge in [-0.1, -0.05) is 38.5 Å². The smallest absolute Gasteiger partial charge is 0.308 e. The largest absolute Gasteiger partial charge is 0.462 e. The van der Waals surface area contributed by atoms with Crippen molar-refractivity contribution in [2.45, 2.75) is 140 Å². The van der Waals surface area contributed by atoms with Crippen molar-refractivity contribution in [2.24, 2.45) is 23.7 Å². The second-order valence-electron chi connectivity index (χ2n) is 16.9. The summed E-state index contributed by atoms with van der Waals surface area (Å²) in [5.41, 5.74) is 4.22. The number of aliphatic hydroxyl groups excluding tert-OH is 4. The lowest BCUT2D eigenvalue weighted by molar-refractivity contribution is -0.304. The first-order valence-corrected chi connectivity index (χ1v) is 21.2. The lowest BCUT2D eigenvalue weighted by atomic mass is 9.81. The number of carbonyl (C=O) groups is 2. The molecule has 2 unspecified atom stereocenters. The Morgan fingerprint density at radius 2 is 1.53 bits per heavy atom. The summed E-state index contributed by atoms with van der Waals surface area (Å²) in [7, 11) is 6.48. The van der Waals surface area contributed by atoms with Gasteiger partial charge in [0.1, 0.15) is 30.5 Å². The van der Waals surface area contributed by atoms with Crippen LogP contribution in [0.4, 0.5) is 0 Å². The van der Waals surface area contributed by atoms with Crippen molar-refractivity contribution < 1.29 is 67.9 Å². The van der Waals surface area contributed by atoms with Crippen molar-refractivity contribution in [3.05, 3.63) is 23.8 Å². The van der Waals surface area contributed by atoms with Gasteiger partial charge in [0.15, 0.2) is 18.4 Å². The first kappa shape index (κ1) is 49.7. The quantitative estimate of drug-likeness (QED) is 0.172. The third kappa shape index (κ3) is 13.3. The molecule has 17 heteroatoms. The number of likely N-dealkylation sites (N-methyl/N-ethyl adjacent to an activating group) is 1. The van der Waals surface area contributed by atoms with Gasteiger partial charge in [-0.25, -0.2) is 5.01 Å². The van der Waals surface area contributed by atoms with E-state index in [1.165, 1.54) is 14.2 Å². The second kappa shape index (κ2) is 23.5. The molecule has 17 atom stereocenters. The number of nitrogens with zero attached hydrogens (tertiary/aromatic N) is 2. The zero-order valence-electron chi connectivity index (χ0n) is 36.7. The molecule has 59 heavy (non-hydrogen) atoms. The van der Waals surface area contributed by atoms with E-state index in [1.54, 1.807) is 51.9 Å². The summed E-state index contributed by atoms with van der Waals surface area (Å²) in [5, 5.41) is 47.0. The predicted octanol–water partition coefficient (Wildman–Crippen LogP) is 0.810. The van der Waals surface area contributed by atoms with Crippen LogP contribution in [0.15, 0.2) is 23.8 Å². The highest BCUT2D eigenvalue weighted by molar-refractivity contribution is 5.91. The maximum absolute atomic E-state index is 13.9. The van der Waals surface area contributed by atoms with Gasteiger partial charge in [0.2, 0.25) is 0 Å². The number of methoxy groups -OCH3 is 2. The van der Waals surface area contributed by atoms with Crippen LogP contribution < -0.4 is 5.43 Å². The van der Waals surface area contributed by atoms with Gasteiger partial charge in [-0.05, 0) is 53.8 Å². The minimum absolute atomic E-state index is 0.0303. The molecular formula is C42H73N3O14. The van der Waals surface area contributed by atoms with Gasteiger partial charge in [-0.2, -0.15) is 0 Å². The summed E-state index contributed by atoms with van der Waals surface area (Å²) >= 11 is 0. The van der Waals surface area contributed by atoms with Crippen LogP contribution in [0.3, 0.4) is 0 Å². The third-order valence-electron chi connectivity index (χ3n) is 12.3. The third-order valence-corrected chi connectivity index (χ3v) is 12.3. The molecule has 0 aromatic heterocycles. The van der Waals surface area contributed by atoms with Crippen molar-refractivity contribution in [2.75, 3.05) is 67.8 Å². The van der Waals surface area contributed by atoms with E-state index in [0.29, 0.717) is 45.7 Å². The molecule has 0 aliphatic carbocycles. The number of allylic oxidation sites excluding steroid dienone is 3. The van der Waals surface area contributed by atoms with Crippen LogP contribution in [-0.2, 0) is 47.5 Å². The van der Waals surface area contributed by atoms with E-state index in [0.717, 1.165) is 5.57 Å². The number of esters is 1. The van der Waals surface area contributed by atoms with Crippen molar-refractivity contribution in [3.63, 3.8) is 0 Å². The minimum atomic E-state index is -1.26.